The van der Waals surface area contributed by atoms with Crippen molar-refractivity contribution < 1.29 is 4.39 Å². The predicted molar refractivity (Wildman–Crippen MR) is 67.4 cm³/mol. The first-order valence-electron chi connectivity index (χ1n) is 5.77. The smallest absolute Gasteiger partial charge is 0.141 e. The third-order valence-corrected chi connectivity index (χ3v) is 2.82. The molecule has 0 saturated heterocycles. The van der Waals surface area contributed by atoms with Crippen molar-refractivity contribution >= 4 is 0 Å². The zero-order chi connectivity index (χ0) is 13.3. The summed E-state index contributed by atoms with van der Waals surface area (Å²) in [6.07, 6.45) is 1.82. The maximum Gasteiger partial charge on any atom is 0.141 e. The first-order chi connectivity index (χ1) is 8.54. The zero-order valence-corrected chi connectivity index (χ0v) is 10.6. The molecule has 0 saturated carbocycles. The van der Waals surface area contributed by atoms with E-state index in [1.54, 1.807) is 16.8 Å². The number of rotatable bonds is 2. The van der Waals surface area contributed by atoms with E-state index in [-0.39, 0.29) is 11.5 Å². The van der Waals surface area contributed by atoms with E-state index in [0.717, 1.165) is 11.3 Å². The Morgan fingerprint density at radius 1 is 1.33 bits per heavy atom. The standard InChI is InChI=1S/C14H14FN3/c1-9(2)14-12(8-18(3)17-14)10-5-4-6-13(15)11(10)7-16/h4-6,8-9H,1-3H3. The minimum Gasteiger partial charge on any atom is -0.275 e. The molecule has 1 aromatic heterocycles. The van der Waals surface area contributed by atoms with Crippen molar-refractivity contribution in [3.63, 3.8) is 0 Å². The molecule has 3 nitrogen and oxygen atoms in total. The van der Waals surface area contributed by atoms with Crippen LogP contribution in [0.3, 0.4) is 0 Å². The van der Waals surface area contributed by atoms with Crippen LogP contribution in [0.25, 0.3) is 11.1 Å². The number of benzene rings is 1. The quantitative estimate of drug-likeness (QED) is 0.812. The third-order valence-electron chi connectivity index (χ3n) is 2.82. The van der Waals surface area contributed by atoms with Crippen molar-refractivity contribution in [3.05, 3.63) is 41.5 Å². The number of nitrogens with zero attached hydrogens (tertiary/aromatic N) is 3. The van der Waals surface area contributed by atoms with Gasteiger partial charge in [-0.05, 0) is 12.0 Å². The van der Waals surface area contributed by atoms with Crippen molar-refractivity contribution in [2.45, 2.75) is 19.8 Å². The van der Waals surface area contributed by atoms with Gasteiger partial charge in [0.15, 0.2) is 0 Å². The highest BCUT2D eigenvalue weighted by molar-refractivity contribution is 5.72. The predicted octanol–water partition coefficient (Wildman–Crippen LogP) is 3.22. The van der Waals surface area contributed by atoms with Crippen molar-refractivity contribution in [3.8, 4) is 17.2 Å². The molecule has 0 bridgehead atoms. The number of hydrogen-bond donors (Lipinski definition) is 0. The summed E-state index contributed by atoms with van der Waals surface area (Å²) >= 11 is 0. The number of nitriles is 1. The van der Waals surface area contributed by atoms with Crippen LogP contribution in [0.15, 0.2) is 24.4 Å². The molecule has 0 aliphatic rings. The van der Waals surface area contributed by atoms with Crippen LogP contribution in [-0.4, -0.2) is 9.78 Å². The van der Waals surface area contributed by atoms with Gasteiger partial charge < -0.3 is 0 Å². The van der Waals surface area contributed by atoms with Gasteiger partial charge in [0.05, 0.1) is 11.3 Å². The number of halogens is 1. The van der Waals surface area contributed by atoms with Gasteiger partial charge in [0.1, 0.15) is 11.9 Å². The van der Waals surface area contributed by atoms with Crippen LogP contribution in [0.4, 0.5) is 4.39 Å². The van der Waals surface area contributed by atoms with E-state index in [1.165, 1.54) is 6.07 Å². The summed E-state index contributed by atoms with van der Waals surface area (Å²) in [6, 6.07) is 6.59. The Kier molecular flexibility index (Phi) is 3.15. The molecule has 18 heavy (non-hydrogen) atoms. The lowest BCUT2D eigenvalue weighted by Crippen LogP contribution is -1.95. The van der Waals surface area contributed by atoms with Gasteiger partial charge in [-0.2, -0.15) is 10.4 Å². The molecule has 0 spiro atoms. The Morgan fingerprint density at radius 3 is 2.67 bits per heavy atom. The fourth-order valence-corrected chi connectivity index (χ4v) is 2.00. The molecule has 0 aliphatic carbocycles. The fourth-order valence-electron chi connectivity index (χ4n) is 2.00. The summed E-state index contributed by atoms with van der Waals surface area (Å²) in [5, 5.41) is 13.5. The van der Waals surface area contributed by atoms with E-state index in [4.69, 9.17) is 5.26 Å². The van der Waals surface area contributed by atoms with Crippen LogP contribution in [0.5, 0.6) is 0 Å². The molecule has 92 valence electrons. The normalized spacial score (nSPS) is 10.7. The topological polar surface area (TPSA) is 41.6 Å². The zero-order valence-electron chi connectivity index (χ0n) is 10.6. The van der Waals surface area contributed by atoms with Crippen LogP contribution in [0.2, 0.25) is 0 Å². The minimum atomic E-state index is -0.492. The summed E-state index contributed by atoms with van der Waals surface area (Å²) in [4.78, 5) is 0. The van der Waals surface area contributed by atoms with Gasteiger partial charge in [0.2, 0.25) is 0 Å². The number of aromatic nitrogens is 2. The van der Waals surface area contributed by atoms with Crippen LogP contribution in [0.1, 0.15) is 31.0 Å². The highest BCUT2D eigenvalue weighted by atomic mass is 19.1. The van der Waals surface area contributed by atoms with Crippen LogP contribution < -0.4 is 0 Å². The largest absolute Gasteiger partial charge is 0.275 e. The molecule has 1 heterocycles. The van der Waals surface area contributed by atoms with Crippen molar-refractivity contribution in [1.82, 2.24) is 9.78 Å². The van der Waals surface area contributed by atoms with Gasteiger partial charge in [0.25, 0.3) is 0 Å². The molecule has 0 unspecified atom stereocenters. The summed E-state index contributed by atoms with van der Waals surface area (Å²) in [5.41, 5.74) is 2.38. The molecule has 0 N–H and O–H groups in total. The Balaban J connectivity index is 2.70. The molecule has 4 heteroatoms. The first kappa shape index (κ1) is 12.3. The van der Waals surface area contributed by atoms with Crippen molar-refractivity contribution in [2.75, 3.05) is 0 Å². The molecule has 2 aromatic rings. The highest BCUT2D eigenvalue weighted by Gasteiger charge is 2.17. The molecule has 0 atom stereocenters. The average molecular weight is 243 g/mol. The summed E-state index contributed by atoms with van der Waals surface area (Å²) in [7, 11) is 1.82. The first-order valence-corrected chi connectivity index (χ1v) is 5.77. The molecule has 0 aliphatic heterocycles. The van der Waals surface area contributed by atoms with E-state index in [9.17, 15) is 4.39 Å². The van der Waals surface area contributed by atoms with Crippen LogP contribution in [-0.2, 0) is 7.05 Å². The van der Waals surface area contributed by atoms with E-state index in [0.29, 0.717) is 5.56 Å². The lowest BCUT2D eigenvalue weighted by Gasteiger charge is -2.07. The van der Waals surface area contributed by atoms with Crippen LogP contribution >= 0.6 is 0 Å². The molecular formula is C14H14FN3. The molecule has 0 fully saturated rings. The monoisotopic (exact) mass is 243 g/mol. The second-order valence-corrected chi connectivity index (χ2v) is 4.53. The minimum absolute atomic E-state index is 0.0763. The van der Waals surface area contributed by atoms with Crippen molar-refractivity contribution in [1.29, 1.82) is 5.26 Å². The van der Waals surface area contributed by atoms with Crippen molar-refractivity contribution in [2.24, 2.45) is 7.05 Å². The maximum absolute atomic E-state index is 13.6. The molecule has 1 aromatic carbocycles. The molecule has 0 amide bonds. The van der Waals surface area contributed by atoms with Gasteiger partial charge in [-0.25, -0.2) is 4.39 Å². The van der Waals surface area contributed by atoms with Gasteiger partial charge in [-0.15, -0.1) is 0 Å². The Bertz CT molecular complexity index is 620. The summed E-state index contributed by atoms with van der Waals surface area (Å²) in [6.45, 7) is 4.05. The number of aryl methyl sites for hydroxylation is 1. The van der Waals surface area contributed by atoms with E-state index >= 15 is 0 Å². The number of hydrogen-bond acceptors (Lipinski definition) is 2. The van der Waals surface area contributed by atoms with E-state index in [1.807, 2.05) is 33.2 Å². The second kappa shape index (κ2) is 4.61. The van der Waals surface area contributed by atoms with Gasteiger partial charge in [0, 0.05) is 24.4 Å². The highest BCUT2D eigenvalue weighted by Crippen LogP contribution is 2.31. The summed E-state index contributed by atoms with van der Waals surface area (Å²) < 4.78 is 15.3. The molecular weight excluding hydrogens is 229 g/mol. The Morgan fingerprint density at radius 2 is 2.06 bits per heavy atom. The maximum atomic E-state index is 13.6. The van der Waals surface area contributed by atoms with Gasteiger partial charge >= 0.3 is 0 Å². The fraction of sp³-hybridized carbons (Fsp3) is 0.286. The summed E-state index contributed by atoms with van der Waals surface area (Å²) in [5.74, 6) is -0.274. The lowest BCUT2D eigenvalue weighted by molar-refractivity contribution is 0.624. The van der Waals surface area contributed by atoms with Gasteiger partial charge in [-0.3, -0.25) is 4.68 Å². The third kappa shape index (κ3) is 2.00. The SMILES string of the molecule is CC(C)c1nn(C)cc1-c1cccc(F)c1C#N. The van der Waals surface area contributed by atoms with E-state index in [2.05, 4.69) is 5.10 Å². The molecule has 0 radical (unpaired) electrons. The average Bonchev–Trinajstić information content (AvgIpc) is 2.71. The Labute approximate surface area is 105 Å². The van der Waals surface area contributed by atoms with Crippen LogP contribution in [0, 0.1) is 17.1 Å². The van der Waals surface area contributed by atoms with E-state index < -0.39 is 5.82 Å². The Hall–Kier alpha value is -2.15. The lowest BCUT2D eigenvalue weighted by atomic mass is 9.96. The van der Waals surface area contributed by atoms with Gasteiger partial charge in [-0.1, -0.05) is 26.0 Å². The molecule has 2 rings (SSSR count). The second-order valence-electron chi connectivity index (χ2n) is 4.53.